The zero-order chi connectivity index (χ0) is 36.2. The van der Waals surface area contributed by atoms with Crippen LogP contribution in [0.3, 0.4) is 0 Å². The molecule has 4 aromatic rings. The van der Waals surface area contributed by atoms with Gasteiger partial charge in [0.2, 0.25) is 6.81 Å². The first kappa shape index (κ1) is 25.9. The first-order chi connectivity index (χ1) is 24.1. The van der Waals surface area contributed by atoms with Crippen LogP contribution in [0, 0.1) is 23.4 Å². The van der Waals surface area contributed by atoms with Gasteiger partial charge >= 0.3 is 6.01 Å². The number of nitrogens with two attached hydrogens (primary N) is 1. The van der Waals surface area contributed by atoms with Crippen molar-refractivity contribution in [1.82, 2.24) is 19.9 Å². The molecule has 2 aromatic carbocycles. The molecule has 0 amide bonds. The Morgan fingerprint density at radius 2 is 1.94 bits per heavy atom. The molecule has 0 spiro atoms. The molecular weight excluding hydrogens is 630 g/mol. The van der Waals surface area contributed by atoms with Gasteiger partial charge in [0.15, 0.2) is 17.4 Å². The Balaban J connectivity index is 1.33. The smallest absolute Gasteiger partial charge is 0.319 e. The van der Waals surface area contributed by atoms with Crippen molar-refractivity contribution in [3.05, 3.63) is 41.8 Å². The van der Waals surface area contributed by atoms with Gasteiger partial charge in [0.1, 0.15) is 44.5 Å². The fourth-order valence-corrected chi connectivity index (χ4v) is 7.36. The molecule has 0 unspecified atom stereocenters. The van der Waals surface area contributed by atoms with E-state index in [0.717, 1.165) is 18.3 Å². The molecule has 0 radical (unpaired) electrons. The monoisotopic (exact) mass is 664 g/mol. The number of halogens is 6. The molecule has 0 bridgehead atoms. The lowest BCUT2D eigenvalue weighted by Gasteiger charge is -2.31. The van der Waals surface area contributed by atoms with Crippen molar-refractivity contribution in [3.63, 3.8) is 0 Å². The third kappa shape index (κ3) is 4.88. The predicted molar refractivity (Wildman–Crippen MR) is 160 cm³/mol. The maximum absolute atomic E-state index is 17.0. The summed E-state index contributed by atoms with van der Waals surface area (Å²) < 4.78 is 139. The SMILES string of the molecule is [2H]C([2H])(F)Oc1c(F)cc(F)c2cc(N)cc(-c3ncc4c(N5CCOC[C@H]6[C@H](F)[C@H]65)nc(OC([2H])([2H])[C@@]56CCCN5C[C@H](F)C6)nc4c3F)c12. The zero-order valence-electron chi connectivity index (χ0n) is 28.6. The van der Waals surface area contributed by atoms with E-state index in [-0.39, 0.29) is 56.0 Å². The molecule has 5 atom stereocenters. The average Bonchev–Trinajstić information content (AvgIpc) is 3.40. The van der Waals surface area contributed by atoms with Crippen molar-refractivity contribution in [2.75, 3.05) is 56.9 Å². The van der Waals surface area contributed by atoms with Crippen LogP contribution >= 0.6 is 0 Å². The Morgan fingerprint density at radius 1 is 1.09 bits per heavy atom. The lowest BCUT2D eigenvalue weighted by Crippen LogP contribution is -2.43. The maximum Gasteiger partial charge on any atom is 0.319 e. The van der Waals surface area contributed by atoms with Crippen molar-refractivity contribution >= 4 is 33.2 Å². The zero-order valence-corrected chi connectivity index (χ0v) is 24.6. The van der Waals surface area contributed by atoms with Gasteiger partial charge in [-0.1, -0.05) is 0 Å². The van der Waals surface area contributed by atoms with Gasteiger partial charge in [0.05, 0.1) is 32.9 Å². The van der Waals surface area contributed by atoms with Crippen molar-refractivity contribution in [1.29, 1.82) is 0 Å². The van der Waals surface area contributed by atoms with Gasteiger partial charge in [-0.15, -0.1) is 0 Å². The number of nitrogens with zero attached hydrogens (tertiary/aromatic N) is 5. The molecule has 9 nitrogen and oxygen atoms in total. The van der Waals surface area contributed by atoms with Gasteiger partial charge in [0.25, 0.3) is 0 Å². The van der Waals surface area contributed by atoms with Crippen LogP contribution in [0.4, 0.5) is 37.8 Å². The number of anilines is 2. The number of ether oxygens (including phenoxy) is 3. The predicted octanol–water partition coefficient (Wildman–Crippen LogP) is 5.28. The standard InChI is InChI=1S/C32H30F6N6O3/c33-14-47-29-22(36)8-21(35)17-6-16(39)7-18(23(17)29)26-25(38)27-19(10-40-26)30(44-4-5-45-12-20-24(37)28(20)44)42-31(41-27)46-13-32-2-1-3-43(32)11-15(34)9-32/h6-8,10,15,20,24,28H,1-5,9,11-14,39H2/t15-,20+,24+,28+,32+/m1/s1/i13D2,14D2. The summed E-state index contributed by atoms with van der Waals surface area (Å²) in [5, 5.41) is -1.12. The molecule has 8 rings (SSSR count). The summed E-state index contributed by atoms with van der Waals surface area (Å²) in [6.07, 6.45) is -0.791. The Labute approximate surface area is 270 Å². The highest BCUT2D eigenvalue weighted by Gasteiger charge is 2.56. The Kier molecular flexibility index (Phi) is 6.21. The van der Waals surface area contributed by atoms with E-state index >= 15 is 17.6 Å². The van der Waals surface area contributed by atoms with Crippen LogP contribution in [0.25, 0.3) is 32.9 Å². The molecule has 47 heavy (non-hydrogen) atoms. The van der Waals surface area contributed by atoms with E-state index < -0.39 is 100.0 Å². The highest BCUT2D eigenvalue weighted by molar-refractivity contribution is 6.04. The first-order valence-corrected chi connectivity index (χ1v) is 15.1. The molecular formula is C32H30F6N6O3. The van der Waals surface area contributed by atoms with Crippen LogP contribution in [0.5, 0.6) is 11.8 Å². The summed E-state index contributed by atoms with van der Waals surface area (Å²) in [7, 11) is 0. The van der Waals surface area contributed by atoms with Crippen molar-refractivity contribution < 1.29 is 46.0 Å². The molecule has 3 aliphatic heterocycles. The largest absolute Gasteiger partial charge is 0.461 e. The van der Waals surface area contributed by atoms with E-state index in [2.05, 4.69) is 19.7 Å². The van der Waals surface area contributed by atoms with E-state index in [1.165, 1.54) is 0 Å². The quantitative estimate of drug-likeness (QED) is 0.209. The number of hydrogen-bond acceptors (Lipinski definition) is 9. The number of benzene rings is 2. The second kappa shape index (κ2) is 11.3. The highest BCUT2D eigenvalue weighted by atomic mass is 19.2. The molecule has 5 heterocycles. The Hall–Kier alpha value is -4.11. The Morgan fingerprint density at radius 3 is 2.77 bits per heavy atom. The maximum atomic E-state index is 17.0. The number of alkyl halides is 3. The Bertz CT molecular complexity index is 2080. The van der Waals surface area contributed by atoms with Gasteiger partial charge in [-0.25, -0.2) is 26.3 Å². The van der Waals surface area contributed by atoms with E-state index in [1.807, 2.05) is 0 Å². The minimum Gasteiger partial charge on any atom is -0.461 e. The molecule has 4 fully saturated rings. The van der Waals surface area contributed by atoms with E-state index in [4.69, 9.17) is 20.7 Å². The number of hydrogen-bond donors (Lipinski definition) is 1. The third-order valence-electron chi connectivity index (χ3n) is 9.54. The third-order valence-corrected chi connectivity index (χ3v) is 9.54. The average molecular weight is 665 g/mol. The summed E-state index contributed by atoms with van der Waals surface area (Å²) in [5.74, 6) is -5.59. The van der Waals surface area contributed by atoms with E-state index in [1.54, 1.807) is 9.80 Å². The van der Waals surface area contributed by atoms with Crippen molar-refractivity contribution in [2.45, 2.75) is 43.2 Å². The fraction of sp³-hybridized carbons (Fsp3) is 0.469. The van der Waals surface area contributed by atoms with Gasteiger partial charge in [-0.05, 0) is 31.5 Å². The first-order valence-electron chi connectivity index (χ1n) is 17.1. The van der Waals surface area contributed by atoms with Crippen LogP contribution in [0.2, 0.25) is 0 Å². The summed E-state index contributed by atoms with van der Waals surface area (Å²) in [5.41, 5.74) is 2.94. The van der Waals surface area contributed by atoms with Gasteiger partial charge in [-0.2, -0.15) is 9.97 Å². The summed E-state index contributed by atoms with van der Waals surface area (Å²) in [6.45, 7) is -5.67. The molecule has 2 N–H and O–H groups in total. The van der Waals surface area contributed by atoms with Gasteiger partial charge < -0.3 is 24.8 Å². The topological polar surface area (TPSA) is 98.9 Å². The number of fused-ring (bicyclic) bond motifs is 4. The summed E-state index contributed by atoms with van der Waals surface area (Å²) in [6, 6.07) is 1.08. The fourth-order valence-electron chi connectivity index (χ4n) is 7.36. The number of rotatable bonds is 7. The normalized spacial score (nSPS) is 29.1. The van der Waals surface area contributed by atoms with Crippen molar-refractivity contribution in [2.24, 2.45) is 5.92 Å². The summed E-state index contributed by atoms with van der Waals surface area (Å²) in [4.78, 5) is 16.1. The van der Waals surface area contributed by atoms with Crippen LogP contribution in [0.15, 0.2) is 24.4 Å². The lowest BCUT2D eigenvalue weighted by atomic mass is 9.95. The molecule has 4 aliphatic rings. The van der Waals surface area contributed by atoms with Crippen LogP contribution in [-0.4, -0.2) is 90.0 Å². The number of nitrogen functional groups attached to an aromatic ring is 1. The molecule has 15 heteroatoms. The minimum absolute atomic E-state index is 0.0100. The van der Waals surface area contributed by atoms with Crippen LogP contribution in [-0.2, 0) is 4.74 Å². The molecule has 3 saturated heterocycles. The van der Waals surface area contributed by atoms with Gasteiger partial charge in [-0.3, -0.25) is 9.88 Å². The molecule has 2 aromatic heterocycles. The minimum atomic E-state index is -3.94. The second-order valence-corrected chi connectivity index (χ2v) is 12.3. The molecule has 1 aliphatic carbocycles. The molecule has 248 valence electrons. The van der Waals surface area contributed by atoms with E-state index in [0.29, 0.717) is 19.0 Å². The number of pyridine rings is 1. The van der Waals surface area contributed by atoms with Gasteiger partial charge in [0, 0.05) is 59.7 Å². The summed E-state index contributed by atoms with van der Waals surface area (Å²) >= 11 is 0. The lowest BCUT2D eigenvalue weighted by molar-refractivity contribution is 0.107. The van der Waals surface area contributed by atoms with Crippen molar-refractivity contribution in [3.8, 4) is 23.0 Å². The van der Waals surface area contributed by atoms with Crippen LogP contribution < -0.4 is 20.1 Å². The molecule has 1 saturated carbocycles. The highest BCUT2D eigenvalue weighted by Crippen LogP contribution is 2.46. The number of aromatic nitrogens is 3. The van der Waals surface area contributed by atoms with Crippen LogP contribution in [0.1, 0.15) is 24.7 Å². The van der Waals surface area contributed by atoms with E-state index in [9.17, 15) is 8.78 Å². The second-order valence-electron chi connectivity index (χ2n) is 12.3.